The van der Waals surface area contributed by atoms with Crippen LogP contribution in [0.5, 0.6) is 0 Å². The lowest BCUT2D eigenvalue weighted by Gasteiger charge is -2.33. The van der Waals surface area contributed by atoms with Crippen LogP contribution >= 0.6 is 27.5 Å². The minimum atomic E-state index is 0.374. The minimum Gasteiger partial charge on any atom is -0.317 e. The van der Waals surface area contributed by atoms with Gasteiger partial charge in [0.15, 0.2) is 0 Å². The molecule has 0 spiro atoms. The summed E-state index contributed by atoms with van der Waals surface area (Å²) in [4.78, 5) is 5.18. The van der Waals surface area contributed by atoms with Gasteiger partial charge in [-0.3, -0.25) is 4.99 Å². The molecule has 1 aromatic rings. The zero-order valence-electron chi connectivity index (χ0n) is 20.8. The fourth-order valence-electron chi connectivity index (χ4n) is 5.72. The molecule has 33 heavy (non-hydrogen) atoms. The van der Waals surface area contributed by atoms with Crippen molar-refractivity contribution in [1.29, 1.82) is 0 Å². The van der Waals surface area contributed by atoms with Gasteiger partial charge in [0.2, 0.25) is 0 Å². The average molecular weight is 537 g/mol. The van der Waals surface area contributed by atoms with Crippen molar-refractivity contribution in [1.82, 2.24) is 10.6 Å². The second-order valence-corrected chi connectivity index (χ2v) is 11.2. The molecule has 3 aliphatic heterocycles. The Hall–Kier alpha value is -0.680. The summed E-state index contributed by atoms with van der Waals surface area (Å²) in [7, 11) is 0. The molecule has 2 atom stereocenters. The quantitative estimate of drug-likeness (QED) is 0.370. The molecule has 0 aromatic heterocycles. The second kappa shape index (κ2) is 14.0. The lowest BCUT2D eigenvalue weighted by atomic mass is 9.80. The normalized spacial score (nSPS) is 26.0. The van der Waals surface area contributed by atoms with E-state index < -0.39 is 0 Å². The van der Waals surface area contributed by atoms with Crippen molar-refractivity contribution in [3.63, 3.8) is 0 Å². The van der Waals surface area contributed by atoms with Gasteiger partial charge in [-0.2, -0.15) is 0 Å². The molecule has 2 saturated heterocycles. The zero-order valence-corrected chi connectivity index (χ0v) is 23.1. The Kier molecular flexibility index (Phi) is 11.4. The van der Waals surface area contributed by atoms with Crippen molar-refractivity contribution >= 4 is 33.7 Å². The number of halogens is 2. The predicted octanol–water partition coefficient (Wildman–Crippen LogP) is 7.28. The first-order valence-corrected chi connectivity index (χ1v) is 14.5. The number of nitrogens with zero attached hydrogens (tertiary/aromatic N) is 1. The highest BCUT2D eigenvalue weighted by Crippen LogP contribution is 2.39. The van der Waals surface area contributed by atoms with E-state index in [0.29, 0.717) is 10.7 Å². The van der Waals surface area contributed by atoms with Gasteiger partial charge in [0.05, 0.1) is 4.83 Å². The van der Waals surface area contributed by atoms with Gasteiger partial charge in [0.25, 0.3) is 0 Å². The highest BCUT2D eigenvalue weighted by Gasteiger charge is 2.25. The van der Waals surface area contributed by atoms with Gasteiger partial charge >= 0.3 is 0 Å². The Morgan fingerprint density at radius 3 is 2.09 bits per heavy atom. The molecule has 3 nitrogen and oxygen atoms in total. The molecule has 0 saturated carbocycles. The summed E-state index contributed by atoms with van der Waals surface area (Å²) < 4.78 is 0. The summed E-state index contributed by atoms with van der Waals surface area (Å²) in [5.74, 6) is 2.44. The van der Waals surface area contributed by atoms with E-state index in [0.717, 1.165) is 42.5 Å². The van der Waals surface area contributed by atoms with Crippen LogP contribution in [-0.4, -0.2) is 37.2 Å². The molecule has 2 unspecified atom stereocenters. The van der Waals surface area contributed by atoms with Crippen molar-refractivity contribution in [3.05, 3.63) is 45.6 Å². The maximum absolute atomic E-state index is 6.13. The van der Waals surface area contributed by atoms with Crippen molar-refractivity contribution in [3.8, 4) is 0 Å². The van der Waals surface area contributed by atoms with Crippen LogP contribution in [0, 0.1) is 11.8 Å². The molecule has 2 N–H and O–H groups in total. The van der Waals surface area contributed by atoms with E-state index >= 15 is 0 Å². The number of benzene rings is 1. The monoisotopic (exact) mass is 535 g/mol. The fraction of sp³-hybridized carbons (Fsp3) is 0.679. The third-order valence-corrected chi connectivity index (χ3v) is 8.50. The van der Waals surface area contributed by atoms with E-state index in [2.05, 4.69) is 51.8 Å². The van der Waals surface area contributed by atoms with Gasteiger partial charge in [-0.25, -0.2) is 0 Å². The number of hydrogen-bond donors (Lipinski definition) is 2. The molecule has 1 aromatic carbocycles. The van der Waals surface area contributed by atoms with Crippen LogP contribution in [0.15, 0.2) is 34.5 Å². The number of aliphatic imine (C=N–C) groups is 1. The van der Waals surface area contributed by atoms with E-state index in [4.69, 9.17) is 16.6 Å². The molecule has 0 radical (unpaired) electrons. The summed E-state index contributed by atoms with van der Waals surface area (Å²) in [6, 6.07) is 6.29. The summed E-state index contributed by atoms with van der Waals surface area (Å²) in [5, 5.41) is 7.72. The van der Waals surface area contributed by atoms with Crippen molar-refractivity contribution in [2.24, 2.45) is 16.8 Å². The number of alkyl halides is 1. The first-order chi connectivity index (χ1) is 16.1. The fourth-order valence-corrected chi connectivity index (χ4v) is 6.26. The second-order valence-electron chi connectivity index (χ2n) is 9.56. The highest BCUT2D eigenvalue weighted by atomic mass is 79.9. The van der Waals surface area contributed by atoms with Crippen LogP contribution in [0.2, 0.25) is 5.02 Å². The molecule has 1 aliphatic carbocycles. The lowest BCUT2D eigenvalue weighted by Crippen LogP contribution is -2.37. The van der Waals surface area contributed by atoms with E-state index in [-0.39, 0.29) is 0 Å². The van der Waals surface area contributed by atoms with Gasteiger partial charge in [0, 0.05) is 22.9 Å². The first-order valence-electron chi connectivity index (χ1n) is 13.2. The van der Waals surface area contributed by atoms with Crippen LogP contribution in [0.4, 0.5) is 0 Å². The number of piperidine rings is 2. The predicted molar refractivity (Wildman–Crippen MR) is 148 cm³/mol. The smallest absolute Gasteiger partial charge is 0.0501 e. The van der Waals surface area contributed by atoms with E-state index in [9.17, 15) is 0 Å². The summed E-state index contributed by atoms with van der Waals surface area (Å²) in [5.41, 5.74) is 5.58. The van der Waals surface area contributed by atoms with Crippen molar-refractivity contribution in [2.75, 3.05) is 26.2 Å². The van der Waals surface area contributed by atoms with Crippen LogP contribution in [0.1, 0.15) is 82.8 Å². The lowest BCUT2D eigenvalue weighted by molar-refractivity contribution is 0.212. The molecule has 5 rings (SSSR count). The van der Waals surface area contributed by atoms with E-state index in [1.807, 2.05) is 19.9 Å². The first kappa shape index (κ1) is 26.9. The standard InChI is InChI=1S/C16H17BrClN.C10H20N2.C2H6/c1-10-15-7-6-14(18)8-12(15)3-2-11-4-5-13(17)9-19-16(10)11;1-5-11-6-2-9(1)10-3-7-12-8-4-10;1-2/h6-10,13H,2-5H2,1H3;9-12H,1-8H2;1-2H3. The SMILES string of the molecule is C1CC(C2CCNCC2)CCN1.CC.CC1C2=C(CCc3cc(Cl)ccc31)CCC(Br)C=N2. The maximum atomic E-state index is 6.13. The number of allylic oxidation sites excluding steroid dienone is 2. The Bertz CT molecular complexity index is 778. The van der Waals surface area contributed by atoms with Crippen molar-refractivity contribution < 1.29 is 0 Å². The van der Waals surface area contributed by atoms with Crippen LogP contribution in [0.3, 0.4) is 0 Å². The Balaban J connectivity index is 0.000000188. The number of nitrogens with one attached hydrogen (secondary N) is 2. The van der Waals surface area contributed by atoms with E-state index in [1.54, 1.807) is 0 Å². The Labute approximate surface area is 215 Å². The average Bonchev–Trinajstić information content (AvgIpc) is 3.13. The summed E-state index contributed by atoms with van der Waals surface area (Å²) in [6.45, 7) is 11.3. The van der Waals surface area contributed by atoms with Crippen LogP contribution in [0.25, 0.3) is 0 Å². The summed E-state index contributed by atoms with van der Waals surface area (Å²) in [6.07, 6.45) is 12.2. The van der Waals surface area contributed by atoms with Gasteiger partial charge in [-0.1, -0.05) is 54.4 Å². The van der Waals surface area contributed by atoms with Gasteiger partial charge in [0.1, 0.15) is 0 Å². The molecule has 3 heterocycles. The molecular weight excluding hydrogens is 494 g/mol. The molecular formula is C28H43BrClN3. The van der Waals surface area contributed by atoms with Crippen molar-refractivity contribution in [2.45, 2.75) is 82.9 Å². The molecule has 184 valence electrons. The summed E-state index contributed by atoms with van der Waals surface area (Å²) >= 11 is 9.79. The number of fused-ring (bicyclic) bond motifs is 1. The Morgan fingerprint density at radius 2 is 1.48 bits per heavy atom. The minimum absolute atomic E-state index is 0.374. The molecule has 0 bridgehead atoms. The molecule has 2 fully saturated rings. The number of hydrogen-bond acceptors (Lipinski definition) is 3. The largest absolute Gasteiger partial charge is 0.317 e. The number of rotatable bonds is 1. The highest BCUT2D eigenvalue weighted by molar-refractivity contribution is 9.09. The number of aryl methyl sites for hydroxylation is 1. The van der Waals surface area contributed by atoms with Crippen LogP contribution in [-0.2, 0) is 6.42 Å². The van der Waals surface area contributed by atoms with E-state index in [1.165, 1.54) is 74.3 Å². The zero-order chi connectivity index (χ0) is 23.6. The Morgan fingerprint density at radius 1 is 0.879 bits per heavy atom. The molecule has 0 amide bonds. The topological polar surface area (TPSA) is 36.4 Å². The third-order valence-electron chi connectivity index (χ3n) is 7.57. The van der Waals surface area contributed by atoms with Gasteiger partial charge < -0.3 is 10.6 Å². The third kappa shape index (κ3) is 7.65. The molecule has 4 aliphatic rings. The van der Waals surface area contributed by atoms with Gasteiger partial charge in [-0.15, -0.1) is 0 Å². The maximum Gasteiger partial charge on any atom is 0.0501 e. The molecule has 5 heteroatoms. The van der Waals surface area contributed by atoms with Gasteiger partial charge in [-0.05, 0) is 118 Å². The van der Waals surface area contributed by atoms with Crippen LogP contribution < -0.4 is 10.6 Å².